The number of ether oxygens (including phenoxy) is 1. The maximum absolute atomic E-state index is 12.6. The molecule has 6 nitrogen and oxygen atoms in total. The van der Waals surface area contributed by atoms with Crippen molar-refractivity contribution in [3.8, 4) is 5.75 Å². The van der Waals surface area contributed by atoms with Crippen LogP contribution in [0.4, 0.5) is 0 Å². The molecule has 0 aliphatic carbocycles. The predicted molar refractivity (Wildman–Crippen MR) is 99.7 cm³/mol. The number of carbonyl (C=O) groups is 1. The fraction of sp³-hybridized carbons (Fsp3) is 0.632. The van der Waals surface area contributed by atoms with Gasteiger partial charge < -0.3 is 9.64 Å². The van der Waals surface area contributed by atoms with Crippen molar-refractivity contribution in [2.75, 3.05) is 32.8 Å². The minimum absolute atomic E-state index is 0.0000600. The molecule has 3 rings (SSSR count). The summed E-state index contributed by atoms with van der Waals surface area (Å²) in [6, 6.07) is 4.87. The Morgan fingerprint density at radius 2 is 1.62 bits per heavy atom. The standard InChI is InChI=1S/C19H28N2O4S/c1-16-14-17(26(23,24)21-12-6-7-13-21)8-9-18(16)25-15-19(22)20-10-4-2-3-5-11-20/h8-9,14H,2-7,10-13,15H2,1H3. The Bertz CT molecular complexity index is 734. The van der Waals surface area contributed by atoms with Crippen molar-refractivity contribution in [2.45, 2.75) is 50.3 Å². The van der Waals surface area contributed by atoms with Crippen molar-refractivity contribution in [3.63, 3.8) is 0 Å². The van der Waals surface area contributed by atoms with Crippen LogP contribution >= 0.6 is 0 Å². The Labute approximate surface area is 156 Å². The van der Waals surface area contributed by atoms with E-state index in [-0.39, 0.29) is 12.5 Å². The molecule has 144 valence electrons. The Kier molecular flexibility index (Phi) is 6.19. The first-order chi connectivity index (χ1) is 12.5. The lowest BCUT2D eigenvalue weighted by Gasteiger charge is -2.21. The number of nitrogens with zero attached hydrogens (tertiary/aromatic N) is 2. The summed E-state index contributed by atoms with van der Waals surface area (Å²) in [5, 5.41) is 0. The molecule has 26 heavy (non-hydrogen) atoms. The number of sulfonamides is 1. The number of hydrogen-bond acceptors (Lipinski definition) is 4. The van der Waals surface area contributed by atoms with Crippen LogP contribution in [0, 0.1) is 6.92 Å². The topological polar surface area (TPSA) is 66.9 Å². The molecule has 0 radical (unpaired) electrons. The van der Waals surface area contributed by atoms with Crippen LogP contribution in [0.1, 0.15) is 44.1 Å². The SMILES string of the molecule is Cc1cc(S(=O)(=O)N2CCCC2)ccc1OCC(=O)N1CCCCCC1. The first kappa shape index (κ1) is 19.2. The van der Waals surface area contributed by atoms with Gasteiger partial charge in [0.15, 0.2) is 6.61 Å². The lowest BCUT2D eigenvalue weighted by atomic mass is 10.2. The summed E-state index contributed by atoms with van der Waals surface area (Å²) in [5.74, 6) is 0.564. The monoisotopic (exact) mass is 380 g/mol. The van der Waals surface area contributed by atoms with Gasteiger partial charge >= 0.3 is 0 Å². The quantitative estimate of drug-likeness (QED) is 0.787. The van der Waals surface area contributed by atoms with Gasteiger partial charge in [-0.25, -0.2) is 8.42 Å². The van der Waals surface area contributed by atoms with Crippen LogP contribution in [0.25, 0.3) is 0 Å². The summed E-state index contributed by atoms with van der Waals surface area (Å²) >= 11 is 0. The Morgan fingerprint density at radius 1 is 1.00 bits per heavy atom. The molecular formula is C19H28N2O4S. The van der Waals surface area contributed by atoms with Crippen LogP contribution in [0.5, 0.6) is 5.75 Å². The molecule has 2 aliphatic rings. The van der Waals surface area contributed by atoms with Crippen molar-refractivity contribution in [3.05, 3.63) is 23.8 Å². The molecule has 0 unspecified atom stereocenters. The van der Waals surface area contributed by atoms with E-state index in [1.165, 1.54) is 17.1 Å². The smallest absolute Gasteiger partial charge is 0.260 e. The van der Waals surface area contributed by atoms with Crippen molar-refractivity contribution in [2.24, 2.45) is 0 Å². The molecular weight excluding hydrogens is 352 g/mol. The molecule has 0 aromatic heterocycles. The number of amides is 1. The fourth-order valence-corrected chi connectivity index (χ4v) is 5.18. The van der Waals surface area contributed by atoms with Gasteiger partial charge in [0.25, 0.3) is 5.91 Å². The van der Waals surface area contributed by atoms with Gasteiger partial charge in [-0.1, -0.05) is 12.8 Å². The minimum Gasteiger partial charge on any atom is -0.483 e. The third-order valence-electron chi connectivity index (χ3n) is 5.16. The van der Waals surface area contributed by atoms with Gasteiger partial charge in [-0.2, -0.15) is 4.31 Å². The highest BCUT2D eigenvalue weighted by molar-refractivity contribution is 7.89. The summed E-state index contributed by atoms with van der Waals surface area (Å²) in [6.07, 6.45) is 6.28. The highest BCUT2D eigenvalue weighted by Crippen LogP contribution is 2.26. The molecule has 0 spiro atoms. The number of benzene rings is 1. The lowest BCUT2D eigenvalue weighted by Crippen LogP contribution is -2.35. The molecule has 2 saturated heterocycles. The molecule has 1 amide bonds. The molecule has 2 aliphatic heterocycles. The van der Waals surface area contributed by atoms with E-state index in [1.807, 2.05) is 11.8 Å². The van der Waals surface area contributed by atoms with Crippen LogP contribution in [-0.2, 0) is 14.8 Å². The van der Waals surface area contributed by atoms with E-state index < -0.39 is 10.0 Å². The number of hydrogen-bond donors (Lipinski definition) is 0. The molecule has 2 fully saturated rings. The van der Waals surface area contributed by atoms with Crippen molar-refractivity contribution in [1.29, 1.82) is 0 Å². The zero-order valence-electron chi connectivity index (χ0n) is 15.4. The van der Waals surface area contributed by atoms with E-state index in [9.17, 15) is 13.2 Å². The highest BCUT2D eigenvalue weighted by Gasteiger charge is 2.27. The Morgan fingerprint density at radius 3 is 2.23 bits per heavy atom. The summed E-state index contributed by atoms with van der Waals surface area (Å²) in [6.45, 7) is 4.59. The van der Waals surface area contributed by atoms with Gasteiger partial charge in [0.05, 0.1) is 4.90 Å². The number of likely N-dealkylation sites (tertiary alicyclic amines) is 1. The van der Waals surface area contributed by atoms with Crippen LogP contribution in [0.15, 0.2) is 23.1 Å². The van der Waals surface area contributed by atoms with Gasteiger partial charge in [-0.15, -0.1) is 0 Å². The summed E-state index contributed by atoms with van der Waals surface area (Å²) in [4.78, 5) is 14.5. The van der Waals surface area contributed by atoms with Crippen LogP contribution in [0.3, 0.4) is 0 Å². The second-order valence-corrected chi connectivity index (χ2v) is 9.06. The summed E-state index contributed by atoms with van der Waals surface area (Å²) in [7, 11) is -3.43. The molecule has 1 aromatic rings. The van der Waals surface area contributed by atoms with E-state index in [2.05, 4.69) is 0 Å². The van der Waals surface area contributed by atoms with Crippen molar-refractivity contribution in [1.82, 2.24) is 9.21 Å². The highest BCUT2D eigenvalue weighted by atomic mass is 32.2. The van der Waals surface area contributed by atoms with Gasteiger partial charge in [-0.05, 0) is 56.4 Å². The maximum Gasteiger partial charge on any atom is 0.260 e. The van der Waals surface area contributed by atoms with E-state index in [0.717, 1.165) is 44.3 Å². The first-order valence-electron chi connectivity index (χ1n) is 9.50. The maximum atomic E-state index is 12.6. The van der Waals surface area contributed by atoms with Crippen molar-refractivity contribution >= 4 is 15.9 Å². The predicted octanol–water partition coefficient (Wildman–Crippen LogP) is 2.56. The largest absolute Gasteiger partial charge is 0.483 e. The summed E-state index contributed by atoms with van der Waals surface area (Å²) in [5.41, 5.74) is 0.730. The average molecular weight is 381 g/mol. The first-order valence-corrected chi connectivity index (χ1v) is 10.9. The van der Waals surface area contributed by atoms with Crippen molar-refractivity contribution < 1.29 is 17.9 Å². The zero-order valence-corrected chi connectivity index (χ0v) is 16.3. The van der Waals surface area contributed by atoms with E-state index >= 15 is 0 Å². The third-order valence-corrected chi connectivity index (χ3v) is 7.05. The number of carbonyl (C=O) groups excluding carboxylic acids is 1. The second-order valence-electron chi connectivity index (χ2n) is 7.12. The Hall–Kier alpha value is -1.60. The molecule has 2 heterocycles. The summed E-state index contributed by atoms with van der Waals surface area (Å²) < 4.78 is 32.5. The van der Waals surface area contributed by atoms with E-state index in [1.54, 1.807) is 18.2 Å². The molecule has 0 bridgehead atoms. The fourth-order valence-electron chi connectivity index (χ4n) is 3.57. The third kappa shape index (κ3) is 4.38. The molecule has 1 aromatic carbocycles. The van der Waals surface area contributed by atoms with Crippen LogP contribution in [-0.4, -0.2) is 56.3 Å². The zero-order chi connectivity index (χ0) is 18.6. The second kappa shape index (κ2) is 8.39. The minimum atomic E-state index is -3.43. The molecule has 0 atom stereocenters. The average Bonchev–Trinajstić information content (AvgIpc) is 3.04. The molecule has 0 N–H and O–H groups in total. The van der Waals surface area contributed by atoms with Gasteiger partial charge in [-0.3, -0.25) is 4.79 Å². The molecule has 0 saturated carbocycles. The Balaban J connectivity index is 1.63. The van der Waals surface area contributed by atoms with E-state index in [4.69, 9.17) is 4.74 Å². The van der Waals surface area contributed by atoms with Gasteiger partial charge in [0.1, 0.15) is 5.75 Å². The number of aryl methyl sites for hydroxylation is 1. The van der Waals surface area contributed by atoms with Crippen LogP contribution < -0.4 is 4.74 Å². The van der Waals surface area contributed by atoms with Gasteiger partial charge in [0, 0.05) is 26.2 Å². The lowest BCUT2D eigenvalue weighted by molar-refractivity contribution is -0.133. The van der Waals surface area contributed by atoms with Crippen LogP contribution in [0.2, 0.25) is 0 Å². The number of rotatable bonds is 5. The molecule has 7 heteroatoms. The van der Waals surface area contributed by atoms with Gasteiger partial charge in [0.2, 0.25) is 10.0 Å². The van der Waals surface area contributed by atoms with E-state index in [0.29, 0.717) is 23.7 Å². The normalized spacial score (nSPS) is 19.3.